The van der Waals surface area contributed by atoms with E-state index in [1.54, 1.807) is 24.3 Å². The second-order valence-electron chi connectivity index (χ2n) is 4.80. The molecule has 0 bridgehead atoms. The lowest BCUT2D eigenvalue weighted by Gasteiger charge is -2.14. The second-order valence-corrected chi connectivity index (χ2v) is 4.80. The molecule has 6 heteroatoms. The summed E-state index contributed by atoms with van der Waals surface area (Å²) in [5.41, 5.74) is 0.722. The van der Waals surface area contributed by atoms with Gasteiger partial charge in [-0.2, -0.15) is 5.26 Å². The highest BCUT2D eigenvalue weighted by molar-refractivity contribution is 6.03. The lowest BCUT2D eigenvalue weighted by molar-refractivity contribution is -0.125. The van der Waals surface area contributed by atoms with E-state index in [0.717, 1.165) is 10.5 Å². The van der Waals surface area contributed by atoms with Crippen LogP contribution in [0.5, 0.6) is 0 Å². The number of rotatable bonds is 3. The average molecular weight is 285 g/mol. The average Bonchev–Trinajstić information content (AvgIpc) is 2.92. The van der Waals surface area contributed by atoms with Crippen LogP contribution in [0.3, 0.4) is 0 Å². The third-order valence-electron chi connectivity index (χ3n) is 3.31. The number of nitrogens with zero attached hydrogens (tertiary/aromatic N) is 2. The summed E-state index contributed by atoms with van der Waals surface area (Å²) in [6, 6.07) is 10.2. The maximum Gasteiger partial charge on any atom is 0.330 e. The highest BCUT2D eigenvalue weighted by Crippen LogP contribution is 2.18. The van der Waals surface area contributed by atoms with E-state index in [9.17, 15) is 14.4 Å². The summed E-state index contributed by atoms with van der Waals surface area (Å²) in [4.78, 5) is 36.0. The van der Waals surface area contributed by atoms with Gasteiger partial charge < -0.3 is 0 Å². The molecule has 0 saturated carbocycles. The topological polar surface area (TPSA) is 90.3 Å². The molecule has 1 atom stereocenters. The minimum Gasteiger partial charge on any atom is -0.278 e. The predicted molar refractivity (Wildman–Crippen MR) is 73.9 cm³/mol. The van der Waals surface area contributed by atoms with E-state index >= 15 is 0 Å². The molecule has 0 aliphatic carbocycles. The maximum absolute atomic E-state index is 11.8. The van der Waals surface area contributed by atoms with E-state index in [0.29, 0.717) is 19.4 Å². The van der Waals surface area contributed by atoms with Crippen LogP contribution in [0.2, 0.25) is 0 Å². The van der Waals surface area contributed by atoms with Gasteiger partial charge >= 0.3 is 6.03 Å². The molecule has 1 aliphatic heterocycles. The Hall–Kier alpha value is -2.68. The van der Waals surface area contributed by atoms with Crippen molar-refractivity contribution in [1.82, 2.24) is 10.2 Å². The van der Waals surface area contributed by atoms with Crippen molar-refractivity contribution in [2.24, 2.45) is 0 Å². The van der Waals surface area contributed by atoms with E-state index in [1.807, 2.05) is 12.1 Å². The van der Waals surface area contributed by atoms with Crippen LogP contribution in [0.25, 0.3) is 0 Å². The number of nitriles is 1. The first kappa shape index (κ1) is 14.7. The van der Waals surface area contributed by atoms with Crippen molar-refractivity contribution >= 4 is 17.8 Å². The van der Waals surface area contributed by atoms with Gasteiger partial charge in [-0.15, -0.1) is 0 Å². The molecule has 1 N–H and O–H groups in total. The highest BCUT2D eigenvalue weighted by atomic mass is 16.2. The molecule has 21 heavy (non-hydrogen) atoms. The molecule has 4 amide bonds. The minimum absolute atomic E-state index is 0.117. The van der Waals surface area contributed by atoms with Crippen molar-refractivity contribution < 1.29 is 14.4 Å². The third-order valence-corrected chi connectivity index (χ3v) is 3.31. The number of hydrogen-bond donors (Lipinski definition) is 1. The Balaban J connectivity index is 1.93. The van der Waals surface area contributed by atoms with Gasteiger partial charge in [0.25, 0.3) is 0 Å². The summed E-state index contributed by atoms with van der Waals surface area (Å²) >= 11 is 0. The zero-order valence-corrected chi connectivity index (χ0v) is 11.4. The van der Waals surface area contributed by atoms with Gasteiger partial charge in [0.05, 0.1) is 12.0 Å². The number of urea groups is 1. The first-order chi connectivity index (χ1) is 10.1. The number of carbonyl (C=O) groups excluding carboxylic acids is 3. The van der Waals surface area contributed by atoms with E-state index in [2.05, 4.69) is 5.32 Å². The molecule has 6 nitrogen and oxygen atoms in total. The summed E-state index contributed by atoms with van der Waals surface area (Å²) in [5.74, 6) is -1.46. The molecule has 0 radical (unpaired) electrons. The fourth-order valence-electron chi connectivity index (χ4n) is 2.21. The van der Waals surface area contributed by atoms with Crippen molar-refractivity contribution in [3.05, 3.63) is 35.9 Å². The van der Waals surface area contributed by atoms with Gasteiger partial charge in [-0.3, -0.25) is 19.8 Å². The molecule has 0 aromatic heterocycles. The largest absolute Gasteiger partial charge is 0.330 e. The van der Waals surface area contributed by atoms with Gasteiger partial charge in [0.1, 0.15) is 0 Å². The van der Waals surface area contributed by atoms with Crippen LogP contribution in [0.1, 0.15) is 30.7 Å². The van der Waals surface area contributed by atoms with E-state index in [4.69, 9.17) is 5.26 Å². The van der Waals surface area contributed by atoms with Crippen molar-refractivity contribution in [3.8, 4) is 6.07 Å². The van der Waals surface area contributed by atoms with Crippen molar-refractivity contribution in [1.29, 1.82) is 5.26 Å². The molecule has 1 aromatic carbocycles. The fraction of sp³-hybridized carbons (Fsp3) is 0.333. The lowest BCUT2D eigenvalue weighted by atomic mass is 9.97. The summed E-state index contributed by atoms with van der Waals surface area (Å²) in [7, 11) is 0. The second kappa shape index (κ2) is 6.66. The summed E-state index contributed by atoms with van der Waals surface area (Å²) in [6.45, 7) is 0.332. The van der Waals surface area contributed by atoms with Gasteiger partial charge in [0, 0.05) is 19.4 Å². The fourth-order valence-corrected chi connectivity index (χ4v) is 2.21. The number of likely N-dealkylation sites (tertiary alicyclic amines) is 1. The SMILES string of the molecule is N#CC(CC(=O)NC(=O)N1CCCC1=O)c1ccccc1. The third kappa shape index (κ3) is 3.66. The molecular weight excluding hydrogens is 270 g/mol. The van der Waals surface area contributed by atoms with E-state index in [1.165, 1.54) is 0 Å². The Kier molecular flexibility index (Phi) is 4.67. The zero-order valence-electron chi connectivity index (χ0n) is 11.4. The van der Waals surface area contributed by atoms with Crippen molar-refractivity contribution in [2.75, 3.05) is 6.54 Å². The molecule has 1 aromatic rings. The van der Waals surface area contributed by atoms with Gasteiger partial charge in [-0.05, 0) is 12.0 Å². The van der Waals surface area contributed by atoms with Crippen LogP contribution in [-0.4, -0.2) is 29.3 Å². The van der Waals surface area contributed by atoms with Crippen LogP contribution < -0.4 is 5.32 Å². The summed E-state index contributed by atoms with van der Waals surface area (Å²) in [5, 5.41) is 11.3. The molecule has 2 rings (SSSR count). The smallest absolute Gasteiger partial charge is 0.278 e. The van der Waals surface area contributed by atoms with Gasteiger partial charge in [0.15, 0.2) is 0 Å². The first-order valence-electron chi connectivity index (χ1n) is 6.70. The number of imide groups is 2. The van der Waals surface area contributed by atoms with E-state index in [-0.39, 0.29) is 12.3 Å². The van der Waals surface area contributed by atoms with Crippen molar-refractivity contribution in [2.45, 2.75) is 25.2 Å². The first-order valence-corrected chi connectivity index (χ1v) is 6.70. The monoisotopic (exact) mass is 285 g/mol. The van der Waals surface area contributed by atoms with Crippen LogP contribution in [0.15, 0.2) is 30.3 Å². The molecule has 108 valence electrons. The maximum atomic E-state index is 11.8. The van der Waals surface area contributed by atoms with Crippen molar-refractivity contribution in [3.63, 3.8) is 0 Å². The van der Waals surface area contributed by atoms with E-state index < -0.39 is 17.9 Å². The lowest BCUT2D eigenvalue weighted by Crippen LogP contribution is -2.43. The Labute approximate surface area is 122 Å². The Bertz CT molecular complexity index is 592. The Morgan fingerprint density at radius 1 is 1.33 bits per heavy atom. The number of carbonyl (C=O) groups is 3. The zero-order chi connectivity index (χ0) is 15.2. The minimum atomic E-state index is -0.702. The van der Waals surface area contributed by atoms with Crippen LogP contribution in [0.4, 0.5) is 4.79 Å². The molecule has 1 saturated heterocycles. The normalized spacial score (nSPS) is 15.4. The Morgan fingerprint density at radius 3 is 2.62 bits per heavy atom. The number of hydrogen-bond acceptors (Lipinski definition) is 4. The Morgan fingerprint density at radius 2 is 2.05 bits per heavy atom. The molecule has 1 heterocycles. The number of benzene rings is 1. The quantitative estimate of drug-likeness (QED) is 0.912. The standard InChI is InChI=1S/C15H15N3O3/c16-10-12(11-5-2-1-3-6-11)9-13(19)17-15(21)18-8-4-7-14(18)20/h1-3,5-6,12H,4,7-9H2,(H,17,19,21). The van der Waals surface area contributed by atoms with Gasteiger partial charge in [0.2, 0.25) is 11.8 Å². The van der Waals surface area contributed by atoms with Crippen LogP contribution in [-0.2, 0) is 9.59 Å². The highest BCUT2D eigenvalue weighted by Gasteiger charge is 2.28. The van der Waals surface area contributed by atoms with Crippen LogP contribution in [0, 0.1) is 11.3 Å². The molecule has 0 spiro atoms. The molecule has 1 aliphatic rings. The molecular formula is C15H15N3O3. The predicted octanol–water partition coefficient (Wildman–Crippen LogP) is 1.54. The van der Waals surface area contributed by atoms with Crippen LogP contribution >= 0.6 is 0 Å². The molecule has 1 fully saturated rings. The number of nitrogens with one attached hydrogen (secondary N) is 1. The number of amides is 4. The summed E-state index contributed by atoms with van der Waals surface area (Å²) < 4.78 is 0. The van der Waals surface area contributed by atoms with Gasteiger partial charge in [-0.1, -0.05) is 30.3 Å². The van der Waals surface area contributed by atoms with Gasteiger partial charge in [-0.25, -0.2) is 4.79 Å². The molecule has 1 unspecified atom stereocenters. The summed E-state index contributed by atoms with van der Waals surface area (Å²) in [6.07, 6.45) is 0.825.